The number of hydrogen-bond donors (Lipinski definition) is 3. The molecule has 1 atom stereocenters. The predicted molar refractivity (Wildman–Crippen MR) is 104 cm³/mol. The van der Waals surface area contributed by atoms with Crippen molar-refractivity contribution in [2.24, 2.45) is 5.92 Å². The molecule has 1 aliphatic rings. The molecule has 1 aliphatic heterocycles. The van der Waals surface area contributed by atoms with E-state index in [0.717, 1.165) is 19.6 Å². The molecule has 1 aromatic carbocycles. The van der Waals surface area contributed by atoms with Crippen molar-refractivity contribution < 1.29 is 4.74 Å². The van der Waals surface area contributed by atoms with Gasteiger partial charge in [0.05, 0.1) is 13.2 Å². The Labute approximate surface area is 152 Å². The second-order valence-corrected chi connectivity index (χ2v) is 7.07. The van der Waals surface area contributed by atoms with E-state index in [9.17, 15) is 0 Å². The maximum atomic E-state index is 6.26. The third kappa shape index (κ3) is 3.99. The van der Waals surface area contributed by atoms with E-state index in [-0.39, 0.29) is 5.66 Å². The zero-order valence-electron chi connectivity index (χ0n) is 16.6. The second kappa shape index (κ2) is 8.47. The van der Waals surface area contributed by atoms with Gasteiger partial charge in [0.25, 0.3) is 0 Å². The molecule has 0 aromatic heterocycles. The fourth-order valence-corrected chi connectivity index (χ4v) is 3.65. The van der Waals surface area contributed by atoms with Gasteiger partial charge in [-0.2, -0.15) is 0 Å². The van der Waals surface area contributed by atoms with Crippen LogP contribution in [-0.2, 0) is 4.74 Å². The van der Waals surface area contributed by atoms with Crippen LogP contribution in [0.1, 0.15) is 20.8 Å². The van der Waals surface area contributed by atoms with Crippen molar-refractivity contribution in [3.63, 3.8) is 0 Å². The van der Waals surface area contributed by atoms with Gasteiger partial charge in [0, 0.05) is 18.8 Å². The Kier molecular flexibility index (Phi) is 6.82. The number of nitrogens with zero attached hydrogens (tertiary/aromatic N) is 2. The summed E-state index contributed by atoms with van der Waals surface area (Å²) < 4.78 is 6.26. The molecule has 2 rings (SSSR count). The van der Waals surface area contributed by atoms with Gasteiger partial charge in [-0.25, -0.2) is 4.90 Å². The summed E-state index contributed by atoms with van der Waals surface area (Å²) in [5.74, 6) is -0.147. The number of ether oxygens (including phenoxy) is 1. The molecule has 0 radical (unpaired) electrons. The van der Waals surface area contributed by atoms with E-state index >= 15 is 0 Å². The largest absolute Gasteiger partial charge is 0.368 e. The highest BCUT2D eigenvalue weighted by Crippen LogP contribution is 2.32. The first-order valence-corrected chi connectivity index (χ1v) is 9.25. The quantitative estimate of drug-likeness (QED) is 0.587. The van der Waals surface area contributed by atoms with Gasteiger partial charge in [0.2, 0.25) is 5.97 Å². The number of hydrogen-bond acceptors (Lipinski definition) is 6. The molecule has 0 spiro atoms. The van der Waals surface area contributed by atoms with Crippen LogP contribution in [0.2, 0.25) is 0 Å². The summed E-state index contributed by atoms with van der Waals surface area (Å²) in [6, 6.07) is 10.6. The first-order chi connectivity index (χ1) is 12.0. The van der Waals surface area contributed by atoms with Crippen molar-refractivity contribution in [1.29, 1.82) is 0 Å². The lowest BCUT2D eigenvalue weighted by molar-refractivity contribution is -0.139. The van der Waals surface area contributed by atoms with Crippen LogP contribution in [0.5, 0.6) is 0 Å². The molecular weight excluding hydrogens is 314 g/mol. The molecule has 6 nitrogen and oxygen atoms in total. The minimum Gasteiger partial charge on any atom is -0.368 e. The smallest absolute Gasteiger partial charge is 0.239 e. The summed E-state index contributed by atoms with van der Waals surface area (Å²) in [4.78, 5) is 4.78. The normalized spacial score (nSPS) is 23.3. The van der Waals surface area contributed by atoms with Crippen LogP contribution >= 0.6 is 0 Å². The predicted octanol–water partition coefficient (Wildman–Crippen LogP) is 1.47. The highest BCUT2D eigenvalue weighted by Gasteiger charge is 2.55. The maximum absolute atomic E-state index is 6.26. The maximum Gasteiger partial charge on any atom is 0.239 e. The lowest BCUT2D eigenvalue weighted by Gasteiger charge is -2.46. The molecule has 1 fully saturated rings. The third-order valence-corrected chi connectivity index (χ3v) is 5.06. The average Bonchev–Trinajstić information content (AvgIpc) is 2.94. The number of anilines is 1. The molecule has 3 N–H and O–H groups in total. The minimum atomic E-state index is -0.663. The Balaban J connectivity index is 2.35. The summed E-state index contributed by atoms with van der Waals surface area (Å²) >= 11 is 0. The van der Waals surface area contributed by atoms with Gasteiger partial charge in [0.15, 0.2) is 0 Å². The molecule has 0 bridgehead atoms. The molecule has 0 aliphatic carbocycles. The van der Waals surface area contributed by atoms with Gasteiger partial charge in [0.1, 0.15) is 5.66 Å². The highest BCUT2D eigenvalue weighted by atomic mass is 16.6. The lowest BCUT2D eigenvalue weighted by Crippen LogP contribution is -2.73. The van der Waals surface area contributed by atoms with Crippen molar-refractivity contribution in [3.8, 4) is 0 Å². The Morgan fingerprint density at radius 1 is 1.12 bits per heavy atom. The number of likely N-dealkylation sites (N-methyl/N-ethyl adjacent to an activating group) is 2. The zero-order valence-corrected chi connectivity index (χ0v) is 16.6. The van der Waals surface area contributed by atoms with Crippen molar-refractivity contribution in [2.45, 2.75) is 32.4 Å². The monoisotopic (exact) mass is 349 g/mol. The van der Waals surface area contributed by atoms with Crippen molar-refractivity contribution in [3.05, 3.63) is 30.3 Å². The van der Waals surface area contributed by atoms with Gasteiger partial charge in [-0.15, -0.1) is 0 Å². The van der Waals surface area contributed by atoms with Crippen LogP contribution in [0, 0.1) is 5.92 Å². The van der Waals surface area contributed by atoms with Crippen LogP contribution in [0.25, 0.3) is 0 Å². The van der Waals surface area contributed by atoms with Crippen molar-refractivity contribution in [2.75, 3.05) is 52.3 Å². The number of rotatable bonds is 9. The van der Waals surface area contributed by atoms with Crippen LogP contribution < -0.4 is 20.9 Å². The molecular formula is C19H35N5O. The van der Waals surface area contributed by atoms with Gasteiger partial charge in [-0.1, -0.05) is 32.0 Å². The Morgan fingerprint density at radius 3 is 2.24 bits per heavy atom. The van der Waals surface area contributed by atoms with Crippen LogP contribution in [0.3, 0.4) is 0 Å². The molecule has 1 saturated heterocycles. The van der Waals surface area contributed by atoms with Gasteiger partial charge in [-0.05, 0) is 46.1 Å². The second-order valence-electron chi connectivity index (χ2n) is 7.07. The zero-order chi connectivity index (χ0) is 18.5. The van der Waals surface area contributed by atoms with E-state index in [4.69, 9.17) is 4.74 Å². The van der Waals surface area contributed by atoms with E-state index in [0.29, 0.717) is 12.5 Å². The summed E-state index contributed by atoms with van der Waals surface area (Å²) in [6.45, 7) is 9.96. The first kappa shape index (κ1) is 20.1. The molecule has 25 heavy (non-hydrogen) atoms. The van der Waals surface area contributed by atoms with Crippen molar-refractivity contribution in [1.82, 2.24) is 20.9 Å². The fourth-order valence-electron chi connectivity index (χ4n) is 3.65. The van der Waals surface area contributed by atoms with E-state index in [1.165, 1.54) is 5.69 Å². The van der Waals surface area contributed by atoms with E-state index in [1.54, 1.807) is 0 Å². The van der Waals surface area contributed by atoms with E-state index < -0.39 is 5.97 Å². The minimum absolute atomic E-state index is 0.290. The lowest BCUT2D eigenvalue weighted by atomic mass is 10.1. The van der Waals surface area contributed by atoms with Crippen molar-refractivity contribution >= 4 is 5.69 Å². The Morgan fingerprint density at radius 2 is 1.76 bits per heavy atom. The fraction of sp³-hybridized carbons (Fsp3) is 0.684. The number of nitrogens with one attached hydrogen (secondary N) is 3. The summed E-state index contributed by atoms with van der Waals surface area (Å²) in [7, 11) is 5.89. The van der Waals surface area contributed by atoms with Gasteiger partial charge >= 0.3 is 0 Å². The summed E-state index contributed by atoms with van der Waals surface area (Å²) in [6.07, 6.45) is 0. The Bertz CT molecular complexity index is 520. The van der Waals surface area contributed by atoms with E-state index in [2.05, 4.69) is 76.9 Å². The van der Waals surface area contributed by atoms with Crippen LogP contribution in [-0.4, -0.2) is 63.9 Å². The third-order valence-electron chi connectivity index (χ3n) is 5.06. The molecule has 1 aromatic rings. The molecule has 0 saturated carbocycles. The summed E-state index contributed by atoms with van der Waals surface area (Å²) in [5.41, 5.74) is 0.942. The average molecular weight is 350 g/mol. The van der Waals surface area contributed by atoms with Crippen LogP contribution in [0.4, 0.5) is 5.69 Å². The molecule has 142 valence electrons. The Hall–Kier alpha value is -1.18. The van der Waals surface area contributed by atoms with E-state index in [1.807, 2.05) is 21.1 Å². The molecule has 6 heteroatoms. The molecule has 0 amide bonds. The first-order valence-electron chi connectivity index (χ1n) is 9.25. The summed E-state index contributed by atoms with van der Waals surface area (Å²) in [5, 5.41) is 10.2. The van der Waals surface area contributed by atoms with Crippen LogP contribution in [0.15, 0.2) is 30.3 Å². The number of para-hydroxylation sites is 1. The topological polar surface area (TPSA) is 51.8 Å². The number of benzene rings is 1. The molecule has 1 heterocycles. The standard InChI is InChI=1S/C19H35N5O/c1-7-23(17-11-9-8-10-12-17)14-18(20-4)15-25-19(21-5,22-6)24(18)13-16(2)3/h8-12,16,20-22H,7,13-15H2,1-6H3. The highest BCUT2D eigenvalue weighted by molar-refractivity contribution is 5.46. The molecule has 1 unspecified atom stereocenters. The van der Waals surface area contributed by atoms with Gasteiger partial charge in [-0.3, -0.25) is 16.0 Å². The van der Waals surface area contributed by atoms with Gasteiger partial charge < -0.3 is 9.64 Å². The SMILES string of the molecule is CCN(CC1(NC)COC(NC)(NC)N1CC(C)C)c1ccccc1.